The van der Waals surface area contributed by atoms with Crippen molar-refractivity contribution in [3.05, 3.63) is 35.6 Å². The predicted molar refractivity (Wildman–Crippen MR) is 71.6 cm³/mol. The summed E-state index contributed by atoms with van der Waals surface area (Å²) in [4.78, 5) is 11.1. The van der Waals surface area contributed by atoms with E-state index in [-0.39, 0.29) is 17.2 Å². The maximum atomic E-state index is 14.1. The maximum Gasteiger partial charge on any atom is 0.153 e. The van der Waals surface area contributed by atoms with E-state index in [1.54, 1.807) is 18.2 Å². The Morgan fingerprint density at radius 3 is 2.53 bits per heavy atom. The predicted octanol–water partition coefficient (Wildman–Crippen LogP) is 3.59. The monoisotopic (exact) mass is 262 g/mol. The lowest BCUT2D eigenvalue weighted by Crippen LogP contribution is -2.08. The molecule has 0 bridgehead atoms. The summed E-state index contributed by atoms with van der Waals surface area (Å²) in [6, 6.07) is 6.13. The Balaban J connectivity index is 2.83. The lowest BCUT2D eigenvalue weighted by Gasteiger charge is -2.16. The first-order chi connectivity index (χ1) is 9.08. The van der Waals surface area contributed by atoms with E-state index in [1.807, 2.05) is 13.8 Å². The SMILES string of the molecule is COc1ccc(F)c2c(OC(C)C)c(C=O)ccc12. The van der Waals surface area contributed by atoms with E-state index >= 15 is 0 Å². The zero-order valence-corrected chi connectivity index (χ0v) is 11.1. The van der Waals surface area contributed by atoms with Gasteiger partial charge in [-0.2, -0.15) is 0 Å². The molecule has 0 saturated carbocycles. The van der Waals surface area contributed by atoms with Crippen LogP contribution in [0.3, 0.4) is 0 Å². The number of carbonyl (C=O) groups excluding carboxylic acids is 1. The minimum Gasteiger partial charge on any atom is -0.496 e. The number of hydrogen-bond donors (Lipinski definition) is 0. The maximum absolute atomic E-state index is 14.1. The van der Waals surface area contributed by atoms with E-state index in [4.69, 9.17) is 9.47 Å². The Morgan fingerprint density at radius 2 is 1.95 bits per heavy atom. The highest BCUT2D eigenvalue weighted by atomic mass is 19.1. The highest BCUT2D eigenvalue weighted by Crippen LogP contribution is 2.36. The van der Waals surface area contributed by atoms with Gasteiger partial charge in [-0.25, -0.2) is 4.39 Å². The van der Waals surface area contributed by atoms with E-state index in [9.17, 15) is 9.18 Å². The van der Waals surface area contributed by atoms with Gasteiger partial charge in [-0.3, -0.25) is 4.79 Å². The molecule has 0 radical (unpaired) electrons. The van der Waals surface area contributed by atoms with Crippen molar-refractivity contribution in [2.45, 2.75) is 20.0 Å². The van der Waals surface area contributed by atoms with Crippen molar-refractivity contribution in [2.75, 3.05) is 7.11 Å². The first-order valence-corrected chi connectivity index (χ1v) is 5.99. The average Bonchev–Trinajstić information content (AvgIpc) is 2.38. The van der Waals surface area contributed by atoms with E-state index in [1.165, 1.54) is 13.2 Å². The number of aldehydes is 1. The highest BCUT2D eigenvalue weighted by Gasteiger charge is 2.16. The molecule has 3 nitrogen and oxygen atoms in total. The largest absolute Gasteiger partial charge is 0.496 e. The van der Waals surface area contributed by atoms with Crippen LogP contribution >= 0.6 is 0 Å². The average molecular weight is 262 g/mol. The van der Waals surface area contributed by atoms with Gasteiger partial charge in [0.1, 0.15) is 17.3 Å². The molecule has 0 aliphatic rings. The number of carbonyl (C=O) groups is 1. The van der Waals surface area contributed by atoms with Gasteiger partial charge in [0, 0.05) is 5.39 Å². The lowest BCUT2D eigenvalue weighted by molar-refractivity contribution is 0.111. The number of halogens is 1. The summed E-state index contributed by atoms with van der Waals surface area (Å²) in [5.41, 5.74) is 0.327. The topological polar surface area (TPSA) is 35.5 Å². The first-order valence-electron chi connectivity index (χ1n) is 5.99. The zero-order chi connectivity index (χ0) is 14.0. The van der Waals surface area contributed by atoms with Gasteiger partial charge < -0.3 is 9.47 Å². The lowest BCUT2D eigenvalue weighted by atomic mass is 10.0. The minimum absolute atomic E-state index is 0.157. The molecule has 4 heteroatoms. The third-order valence-electron chi connectivity index (χ3n) is 2.77. The molecule has 0 spiro atoms. The van der Waals surface area contributed by atoms with Crippen LogP contribution in [0.2, 0.25) is 0 Å². The van der Waals surface area contributed by atoms with Crippen molar-refractivity contribution in [2.24, 2.45) is 0 Å². The van der Waals surface area contributed by atoms with Gasteiger partial charge in [0.2, 0.25) is 0 Å². The molecule has 0 N–H and O–H groups in total. The van der Waals surface area contributed by atoms with E-state index in [0.29, 0.717) is 23.0 Å². The number of rotatable bonds is 4. The van der Waals surface area contributed by atoms with E-state index in [2.05, 4.69) is 0 Å². The van der Waals surface area contributed by atoms with Crippen molar-refractivity contribution < 1.29 is 18.7 Å². The second-order valence-electron chi connectivity index (χ2n) is 4.44. The Kier molecular flexibility index (Phi) is 3.69. The Hall–Kier alpha value is -2.10. The first kappa shape index (κ1) is 13.3. The molecule has 0 aliphatic carbocycles. The Labute approximate surface area is 110 Å². The van der Waals surface area contributed by atoms with Crippen LogP contribution in [0.15, 0.2) is 24.3 Å². The second kappa shape index (κ2) is 5.26. The van der Waals surface area contributed by atoms with Gasteiger partial charge in [-0.05, 0) is 38.1 Å². The number of benzene rings is 2. The second-order valence-corrected chi connectivity index (χ2v) is 4.44. The summed E-state index contributed by atoms with van der Waals surface area (Å²) < 4.78 is 24.9. The van der Waals surface area contributed by atoms with Gasteiger partial charge in [-0.15, -0.1) is 0 Å². The highest BCUT2D eigenvalue weighted by molar-refractivity contribution is 5.99. The van der Waals surface area contributed by atoms with Gasteiger partial charge in [0.15, 0.2) is 6.29 Å². The van der Waals surface area contributed by atoms with Crippen LogP contribution in [0.1, 0.15) is 24.2 Å². The number of ether oxygens (including phenoxy) is 2. The van der Waals surface area contributed by atoms with Crippen LogP contribution < -0.4 is 9.47 Å². The summed E-state index contributed by atoms with van der Waals surface area (Å²) in [6.07, 6.45) is 0.505. The molecule has 2 rings (SSSR count). The van der Waals surface area contributed by atoms with Gasteiger partial charge >= 0.3 is 0 Å². The molecule has 0 aromatic heterocycles. The van der Waals surface area contributed by atoms with Crippen LogP contribution in [0.4, 0.5) is 4.39 Å². The van der Waals surface area contributed by atoms with Crippen LogP contribution in [-0.4, -0.2) is 19.5 Å². The molecule has 0 amide bonds. The molecule has 0 aliphatic heterocycles. The molecule has 2 aromatic rings. The number of hydrogen-bond acceptors (Lipinski definition) is 3. The van der Waals surface area contributed by atoms with E-state index in [0.717, 1.165) is 0 Å². The molecule has 19 heavy (non-hydrogen) atoms. The summed E-state index contributed by atoms with van der Waals surface area (Å²) in [7, 11) is 1.52. The molecular weight excluding hydrogens is 247 g/mol. The third-order valence-corrected chi connectivity index (χ3v) is 2.77. The fourth-order valence-electron chi connectivity index (χ4n) is 2.00. The molecule has 2 aromatic carbocycles. The van der Waals surface area contributed by atoms with Gasteiger partial charge in [0.05, 0.1) is 24.2 Å². The molecular formula is C15H15FO3. The molecule has 0 unspecified atom stereocenters. The van der Waals surface area contributed by atoms with Crippen molar-refractivity contribution in [1.82, 2.24) is 0 Å². The molecule has 100 valence electrons. The van der Waals surface area contributed by atoms with Crippen molar-refractivity contribution in [3.63, 3.8) is 0 Å². The van der Waals surface area contributed by atoms with Crippen LogP contribution in [0.5, 0.6) is 11.5 Å². The summed E-state index contributed by atoms with van der Waals surface area (Å²) >= 11 is 0. The fraction of sp³-hybridized carbons (Fsp3) is 0.267. The van der Waals surface area contributed by atoms with Crippen LogP contribution in [-0.2, 0) is 0 Å². The quantitative estimate of drug-likeness (QED) is 0.790. The molecule has 0 saturated heterocycles. The molecule has 0 heterocycles. The zero-order valence-electron chi connectivity index (χ0n) is 11.1. The standard InChI is InChI=1S/C15H15FO3/c1-9(2)19-15-10(8-17)4-5-11-13(18-3)7-6-12(16)14(11)15/h4-9H,1-3H3. The third kappa shape index (κ3) is 2.38. The summed E-state index contributed by atoms with van der Waals surface area (Å²) in [5.74, 6) is 0.372. The van der Waals surface area contributed by atoms with Crippen molar-refractivity contribution in [3.8, 4) is 11.5 Å². The smallest absolute Gasteiger partial charge is 0.153 e. The number of methoxy groups -OCH3 is 1. The summed E-state index contributed by atoms with van der Waals surface area (Å²) in [5, 5.41) is 0.862. The molecule has 0 atom stereocenters. The van der Waals surface area contributed by atoms with Gasteiger partial charge in [0.25, 0.3) is 0 Å². The Bertz CT molecular complexity index is 620. The van der Waals surface area contributed by atoms with Crippen LogP contribution in [0, 0.1) is 5.82 Å². The number of fused-ring (bicyclic) bond motifs is 1. The normalized spacial score (nSPS) is 10.8. The van der Waals surface area contributed by atoms with Crippen LogP contribution in [0.25, 0.3) is 10.8 Å². The Morgan fingerprint density at radius 1 is 1.21 bits per heavy atom. The fourth-order valence-corrected chi connectivity index (χ4v) is 2.00. The van der Waals surface area contributed by atoms with Crippen molar-refractivity contribution >= 4 is 17.1 Å². The summed E-state index contributed by atoms with van der Waals surface area (Å²) in [6.45, 7) is 3.65. The van der Waals surface area contributed by atoms with Gasteiger partial charge in [-0.1, -0.05) is 0 Å². The van der Waals surface area contributed by atoms with E-state index < -0.39 is 5.82 Å². The molecule has 0 fully saturated rings. The minimum atomic E-state index is -0.435. The van der Waals surface area contributed by atoms with Crippen molar-refractivity contribution in [1.29, 1.82) is 0 Å².